The second-order valence-corrected chi connectivity index (χ2v) is 4.46. The van der Waals surface area contributed by atoms with E-state index in [9.17, 15) is 4.79 Å². The van der Waals surface area contributed by atoms with Gasteiger partial charge in [-0.3, -0.25) is 9.78 Å². The molecule has 1 N–H and O–H groups in total. The summed E-state index contributed by atoms with van der Waals surface area (Å²) in [5.74, 6) is -0.274. The number of hydrazone groups is 1. The highest BCUT2D eigenvalue weighted by Gasteiger charge is 2.16. The maximum absolute atomic E-state index is 11.8. The van der Waals surface area contributed by atoms with Gasteiger partial charge in [-0.15, -0.1) is 0 Å². The van der Waals surface area contributed by atoms with Crippen LogP contribution in [0.25, 0.3) is 0 Å². The fourth-order valence-corrected chi connectivity index (χ4v) is 2.17. The van der Waals surface area contributed by atoms with Gasteiger partial charge >= 0.3 is 0 Å². The van der Waals surface area contributed by atoms with E-state index in [2.05, 4.69) is 27.6 Å². The molecular formula is C15H13N3O. The van der Waals surface area contributed by atoms with Crippen LogP contribution < -0.4 is 5.43 Å². The number of nitrogens with zero attached hydrogens (tertiary/aromatic N) is 2. The van der Waals surface area contributed by atoms with Crippen molar-refractivity contribution in [1.82, 2.24) is 10.4 Å². The van der Waals surface area contributed by atoms with E-state index in [1.807, 2.05) is 12.1 Å². The molecular weight excluding hydrogens is 238 g/mol. The minimum atomic E-state index is -0.274. The lowest BCUT2D eigenvalue weighted by Gasteiger charge is -1.99. The van der Waals surface area contributed by atoms with E-state index in [1.165, 1.54) is 11.1 Å². The van der Waals surface area contributed by atoms with E-state index < -0.39 is 0 Å². The van der Waals surface area contributed by atoms with Crippen molar-refractivity contribution in [3.05, 3.63) is 65.5 Å². The maximum Gasteiger partial charge on any atom is 0.289 e. The van der Waals surface area contributed by atoms with E-state index in [0.29, 0.717) is 5.69 Å². The van der Waals surface area contributed by atoms with Gasteiger partial charge < -0.3 is 0 Å². The molecule has 0 saturated carbocycles. The predicted molar refractivity (Wildman–Crippen MR) is 73.0 cm³/mol. The van der Waals surface area contributed by atoms with Gasteiger partial charge in [0.2, 0.25) is 0 Å². The monoisotopic (exact) mass is 251 g/mol. The van der Waals surface area contributed by atoms with Crippen LogP contribution in [0, 0.1) is 0 Å². The number of hydrogen-bond acceptors (Lipinski definition) is 3. The van der Waals surface area contributed by atoms with Crippen molar-refractivity contribution >= 4 is 11.6 Å². The van der Waals surface area contributed by atoms with E-state index in [1.54, 1.807) is 24.4 Å². The average Bonchev–Trinajstić information content (AvgIpc) is 2.88. The highest BCUT2D eigenvalue weighted by atomic mass is 16.2. The zero-order valence-electron chi connectivity index (χ0n) is 10.3. The van der Waals surface area contributed by atoms with Crippen LogP contribution in [-0.4, -0.2) is 16.6 Å². The third-order valence-corrected chi connectivity index (χ3v) is 3.12. The summed E-state index contributed by atoms with van der Waals surface area (Å²) in [4.78, 5) is 15.8. The molecule has 0 unspecified atom stereocenters. The molecule has 94 valence electrons. The van der Waals surface area contributed by atoms with Gasteiger partial charge in [-0.2, -0.15) is 5.10 Å². The zero-order chi connectivity index (χ0) is 13.1. The van der Waals surface area contributed by atoms with E-state index in [4.69, 9.17) is 0 Å². The Balaban J connectivity index is 1.68. The average molecular weight is 251 g/mol. The molecule has 0 atom stereocenters. The third kappa shape index (κ3) is 2.52. The fraction of sp³-hybridized carbons (Fsp3) is 0.133. The highest BCUT2D eigenvalue weighted by Crippen LogP contribution is 2.19. The number of rotatable bonds is 2. The van der Waals surface area contributed by atoms with Gasteiger partial charge in [0.15, 0.2) is 0 Å². The standard InChI is InChI=1S/C15H13N3O/c19-15(14-7-3-4-8-16-14)18-17-13-9-11-5-1-2-6-12(11)10-13/h1-8H,9-10H2,(H,18,19). The number of fused-ring (bicyclic) bond motifs is 1. The fourth-order valence-electron chi connectivity index (χ4n) is 2.17. The smallest absolute Gasteiger partial charge is 0.266 e. The van der Waals surface area contributed by atoms with Crippen LogP contribution in [0.15, 0.2) is 53.8 Å². The lowest BCUT2D eigenvalue weighted by molar-refractivity contribution is 0.0949. The zero-order valence-corrected chi connectivity index (χ0v) is 10.3. The third-order valence-electron chi connectivity index (χ3n) is 3.12. The Kier molecular flexibility index (Phi) is 3.06. The first kappa shape index (κ1) is 11.6. The van der Waals surface area contributed by atoms with Crippen LogP contribution in [0.1, 0.15) is 21.6 Å². The quantitative estimate of drug-likeness (QED) is 0.830. The van der Waals surface area contributed by atoms with Crippen LogP contribution in [-0.2, 0) is 12.8 Å². The Hall–Kier alpha value is -2.49. The van der Waals surface area contributed by atoms with Gasteiger partial charge in [0.25, 0.3) is 5.91 Å². The first-order valence-corrected chi connectivity index (χ1v) is 6.16. The van der Waals surface area contributed by atoms with Crippen LogP contribution in [0.5, 0.6) is 0 Å². The van der Waals surface area contributed by atoms with Crippen molar-refractivity contribution in [1.29, 1.82) is 0 Å². The van der Waals surface area contributed by atoms with Gasteiger partial charge in [-0.25, -0.2) is 5.43 Å². The van der Waals surface area contributed by atoms with Gasteiger partial charge in [0, 0.05) is 24.8 Å². The van der Waals surface area contributed by atoms with Crippen molar-refractivity contribution < 1.29 is 4.79 Å². The number of nitrogens with one attached hydrogen (secondary N) is 1. The molecule has 1 heterocycles. The maximum atomic E-state index is 11.8. The summed E-state index contributed by atoms with van der Waals surface area (Å²) in [5.41, 5.74) is 6.49. The van der Waals surface area contributed by atoms with Crippen LogP contribution >= 0.6 is 0 Å². The van der Waals surface area contributed by atoms with E-state index in [-0.39, 0.29) is 5.91 Å². The second-order valence-electron chi connectivity index (χ2n) is 4.46. The number of amides is 1. The molecule has 19 heavy (non-hydrogen) atoms. The summed E-state index contributed by atoms with van der Waals surface area (Å²) in [7, 11) is 0. The van der Waals surface area contributed by atoms with Crippen molar-refractivity contribution in [2.45, 2.75) is 12.8 Å². The molecule has 2 aromatic rings. The number of pyridine rings is 1. The first-order chi connectivity index (χ1) is 9.33. The Morgan fingerprint density at radius 1 is 1.05 bits per heavy atom. The number of hydrogen-bond donors (Lipinski definition) is 1. The molecule has 1 aromatic heterocycles. The first-order valence-electron chi connectivity index (χ1n) is 6.16. The molecule has 1 amide bonds. The van der Waals surface area contributed by atoms with Gasteiger partial charge in [0.05, 0.1) is 0 Å². The molecule has 1 aromatic carbocycles. The lowest BCUT2D eigenvalue weighted by atomic mass is 10.1. The molecule has 0 aliphatic heterocycles. The topological polar surface area (TPSA) is 54.4 Å². The van der Waals surface area contributed by atoms with Gasteiger partial charge in [0.1, 0.15) is 5.69 Å². The molecule has 4 heteroatoms. The molecule has 0 bridgehead atoms. The second kappa shape index (κ2) is 5.02. The highest BCUT2D eigenvalue weighted by molar-refractivity contribution is 5.96. The number of carbonyl (C=O) groups excluding carboxylic acids is 1. The minimum absolute atomic E-state index is 0.274. The largest absolute Gasteiger partial charge is 0.289 e. The van der Waals surface area contributed by atoms with Crippen LogP contribution in [0.2, 0.25) is 0 Å². The lowest BCUT2D eigenvalue weighted by Crippen LogP contribution is -2.20. The summed E-state index contributed by atoms with van der Waals surface area (Å²) in [5, 5.41) is 4.19. The minimum Gasteiger partial charge on any atom is -0.266 e. The van der Waals surface area contributed by atoms with E-state index in [0.717, 1.165) is 18.6 Å². The molecule has 0 saturated heterocycles. The molecule has 0 radical (unpaired) electrons. The Morgan fingerprint density at radius 3 is 2.37 bits per heavy atom. The van der Waals surface area contributed by atoms with Crippen molar-refractivity contribution in [3.63, 3.8) is 0 Å². The van der Waals surface area contributed by atoms with Crippen LogP contribution in [0.4, 0.5) is 0 Å². The molecule has 1 aliphatic rings. The summed E-state index contributed by atoms with van der Waals surface area (Å²) in [6.45, 7) is 0. The van der Waals surface area contributed by atoms with Crippen LogP contribution in [0.3, 0.4) is 0 Å². The summed E-state index contributed by atoms with van der Waals surface area (Å²) in [6.07, 6.45) is 3.20. The van der Waals surface area contributed by atoms with Crippen molar-refractivity contribution in [2.24, 2.45) is 5.10 Å². The molecule has 1 aliphatic carbocycles. The summed E-state index contributed by atoms with van der Waals surface area (Å²) >= 11 is 0. The molecule has 0 spiro atoms. The Labute approximate surface area is 111 Å². The molecule has 0 fully saturated rings. The van der Waals surface area contributed by atoms with Gasteiger partial charge in [-0.05, 0) is 23.3 Å². The van der Waals surface area contributed by atoms with Crippen molar-refractivity contribution in [3.8, 4) is 0 Å². The van der Waals surface area contributed by atoms with Gasteiger partial charge in [-0.1, -0.05) is 30.3 Å². The summed E-state index contributed by atoms with van der Waals surface area (Å²) in [6, 6.07) is 13.5. The summed E-state index contributed by atoms with van der Waals surface area (Å²) < 4.78 is 0. The SMILES string of the molecule is O=C(NN=C1Cc2ccccc2C1)c1ccccn1. The predicted octanol–water partition coefficient (Wildman–Crippen LogP) is 1.97. The number of benzene rings is 1. The normalized spacial score (nSPS) is 12.9. The number of carbonyl (C=O) groups is 1. The Morgan fingerprint density at radius 2 is 1.74 bits per heavy atom. The number of aromatic nitrogens is 1. The molecule has 3 rings (SSSR count). The Bertz CT molecular complexity index is 608. The molecule has 4 nitrogen and oxygen atoms in total. The van der Waals surface area contributed by atoms with Crippen molar-refractivity contribution in [2.75, 3.05) is 0 Å². The van der Waals surface area contributed by atoms with E-state index >= 15 is 0 Å².